The number of nitrogens with zero attached hydrogens (tertiary/aromatic N) is 1. The molecule has 1 rings (SSSR count). The van der Waals surface area contributed by atoms with Crippen LogP contribution in [0.15, 0.2) is 18.2 Å². The van der Waals surface area contributed by atoms with E-state index in [0.29, 0.717) is 0 Å². The van der Waals surface area contributed by atoms with E-state index in [1.165, 1.54) is 0 Å². The fourth-order valence-corrected chi connectivity index (χ4v) is 1.61. The molecule has 3 nitrogen and oxygen atoms in total. The lowest BCUT2D eigenvalue weighted by molar-refractivity contribution is 0.186. The molecule has 78 valence electrons. The SMILES string of the molecule is Cc1cccc(N(C)C)c1C(O)CN. The minimum atomic E-state index is -0.575. The number of aryl methyl sites for hydroxylation is 1. The number of nitrogens with two attached hydrogens (primary N) is 1. The van der Waals surface area contributed by atoms with Crippen LogP contribution in [0.2, 0.25) is 0 Å². The second-order valence-electron chi connectivity index (χ2n) is 3.65. The zero-order valence-corrected chi connectivity index (χ0v) is 8.99. The van der Waals surface area contributed by atoms with Crippen molar-refractivity contribution in [2.75, 3.05) is 25.5 Å². The third-order valence-electron chi connectivity index (χ3n) is 2.34. The lowest BCUT2D eigenvalue weighted by Crippen LogP contribution is -2.18. The molecule has 0 saturated carbocycles. The summed E-state index contributed by atoms with van der Waals surface area (Å²) in [6.07, 6.45) is -0.575. The second kappa shape index (κ2) is 4.44. The monoisotopic (exact) mass is 194 g/mol. The van der Waals surface area contributed by atoms with Crippen LogP contribution in [0.5, 0.6) is 0 Å². The molecule has 0 heterocycles. The maximum absolute atomic E-state index is 9.79. The molecule has 1 aromatic carbocycles. The van der Waals surface area contributed by atoms with Gasteiger partial charge in [-0.05, 0) is 18.6 Å². The minimum absolute atomic E-state index is 0.256. The van der Waals surface area contributed by atoms with Crippen molar-refractivity contribution in [1.82, 2.24) is 0 Å². The van der Waals surface area contributed by atoms with E-state index >= 15 is 0 Å². The minimum Gasteiger partial charge on any atom is -0.387 e. The van der Waals surface area contributed by atoms with Gasteiger partial charge in [-0.1, -0.05) is 12.1 Å². The summed E-state index contributed by atoms with van der Waals surface area (Å²) in [6, 6.07) is 5.96. The molecule has 3 N–H and O–H groups in total. The smallest absolute Gasteiger partial charge is 0.0934 e. The lowest BCUT2D eigenvalue weighted by atomic mass is 10.0. The van der Waals surface area contributed by atoms with Gasteiger partial charge < -0.3 is 15.7 Å². The fourth-order valence-electron chi connectivity index (χ4n) is 1.61. The first-order chi connectivity index (χ1) is 6.57. The summed E-state index contributed by atoms with van der Waals surface area (Å²) in [5.41, 5.74) is 8.51. The Kier molecular flexibility index (Phi) is 3.49. The molecule has 0 spiro atoms. The topological polar surface area (TPSA) is 49.5 Å². The van der Waals surface area contributed by atoms with Gasteiger partial charge in [0.05, 0.1) is 6.10 Å². The van der Waals surface area contributed by atoms with Gasteiger partial charge >= 0.3 is 0 Å². The fraction of sp³-hybridized carbons (Fsp3) is 0.455. The molecule has 1 atom stereocenters. The molecule has 0 saturated heterocycles. The van der Waals surface area contributed by atoms with Crippen LogP contribution in [-0.2, 0) is 0 Å². The summed E-state index contributed by atoms with van der Waals surface area (Å²) in [5.74, 6) is 0. The summed E-state index contributed by atoms with van der Waals surface area (Å²) in [7, 11) is 3.92. The zero-order chi connectivity index (χ0) is 10.7. The largest absolute Gasteiger partial charge is 0.387 e. The lowest BCUT2D eigenvalue weighted by Gasteiger charge is -2.22. The number of hydrogen-bond donors (Lipinski definition) is 2. The number of aliphatic hydroxyl groups is 1. The summed E-state index contributed by atoms with van der Waals surface area (Å²) >= 11 is 0. The van der Waals surface area contributed by atoms with E-state index in [9.17, 15) is 5.11 Å². The molecule has 3 heteroatoms. The van der Waals surface area contributed by atoms with Gasteiger partial charge in [-0.15, -0.1) is 0 Å². The van der Waals surface area contributed by atoms with Gasteiger partial charge in [0.25, 0.3) is 0 Å². The van der Waals surface area contributed by atoms with Gasteiger partial charge in [0.15, 0.2) is 0 Å². The van der Waals surface area contributed by atoms with Crippen LogP contribution in [-0.4, -0.2) is 25.7 Å². The van der Waals surface area contributed by atoms with E-state index in [0.717, 1.165) is 16.8 Å². The Bertz CT molecular complexity index is 310. The maximum atomic E-state index is 9.79. The predicted molar refractivity (Wildman–Crippen MR) is 59.5 cm³/mol. The van der Waals surface area contributed by atoms with E-state index in [1.807, 2.05) is 44.1 Å². The van der Waals surface area contributed by atoms with Gasteiger partial charge in [0.1, 0.15) is 0 Å². The van der Waals surface area contributed by atoms with Gasteiger partial charge in [0, 0.05) is 31.9 Å². The van der Waals surface area contributed by atoms with Gasteiger partial charge in [-0.25, -0.2) is 0 Å². The molecule has 1 aromatic rings. The number of anilines is 1. The second-order valence-corrected chi connectivity index (χ2v) is 3.65. The average molecular weight is 194 g/mol. The van der Waals surface area contributed by atoms with Crippen molar-refractivity contribution in [3.63, 3.8) is 0 Å². The number of aliphatic hydroxyl groups excluding tert-OH is 1. The molecule has 0 aliphatic carbocycles. The van der Waals surface area contributed by atoms with Crippen molar-refractivity contribution in [3.8, 4) is 0 Å². The van der Waals surface area contributed by atoms with E-state index in [2.05, 4.69) is 0 Å². The standard InChI is InChI=1S/C11H18N2O/c1-8-5-4-6-9(13(2)3)11(8)10(14)7-12/h4-6,10,14H,7,12H2,1-3H3. The molecule has 0 radical (unpaired) electrons. The summed E-state index contributed by atoms with van der Waals surface area (Å²) in [6.45, 7) is 2.24. The maximum Gasteiger partial charge on any atom is 0.0934 e. The normalized spacial score (nSPS) is 12.6. The Morgan fingerprint density at radius 3 is 2.57 bits per heavy atom. The first-order valence-electron chi connectivity index (χ1n) is 4.73. The third-order valence-corrected chi connectivity index (χ3v) is 2.34. The van der Waals surface area contributed by atoms with Crippen LogP contribution < -0.4 is 10.6 Å². The molecule has 0 aliphatic rings. The highest BCUT2D eigenvalue weighted by atomic mass is 16.3. The van der Waals surface area contributed by atoms with E-state index in [4.69, 9.17) is 5.73 Å². The molecular formula is C11H18N2O. The summed E-state index contributed by atoms with van der Waals surface area (Å²) < 4.78 is 0. The van der Waals surface area contributed by atoms with Crippen molar-refractivity contribution in [3.05, 3.63) is 29.3 Å². The molecular weight excluding hydrogens is 176 g/mol. The third kappa shape index (κ3) is 2.05. The van der Waals surface area contributed by atoms with E-state index in [-0.39, 0.29) is 6.54 Å². The number of hydrogen-bond acceptors (Lipinski definition) is 3. The zero-order valence-electron chi connectivity index (χ0n) is 8.99. The highest BCUT2D eigenvalue weighted by Crippen LogP contribution is 2.27. The van der Waals surface area contributed by atoms with Crippen molar-refractivity contribution < 1.29 is 5.11 Å². The van der Waals surface area contributed by atoms with Crippen molar-refractivity contribution in [1.29, 1.82) is 0 Å². The summed E-state index contributed by atoms with van der Waals surface area (Å²) in [5, 5.41) is 9.79. The molecule has 0 bridgehead atoms. The quantitative estimate of drug-likeness (QED) is 0.756. The van der Waals surface area contributed by atoms with Crippen LogP contribution in [0.4, 0.5) is 5.69 Å². The van der Waals surface area contributed by atoms with Gasteiger partial charge in [-0.3, -0.25) is 0 Å². The molecule has 0 amide bonds. The Balaban J connectivity index is 3.22. The van der Waals surface area contributed by atoms with Crippen LogP contribution in [0.1, 0.15) is 17.2 Å². The molecule has 1 unspecified atom stereocenters. The molecule has 14 heavy (non-hydrogen) atoms. The Labute approximate surface area is 85.2 Å². The van der Waals surface area contributed by atoms with Crippen LogP contribution >= 0.6 is 0 Å². The first kappa shape index (κ1) is 11.0. The van der Waals surface area contributed by atoms with Gasteiger partial charge in [-0.2, -0.15) is 0 Å². The number of rotatable bonds is 3. The Morgan fingerprint density at radius 2 is 2.07 bits per heavy atom. The van der Waals surface area contributed by atoms with Crippen LogP contribution in [0, 0.1) is 6.92 Å². The van der Waals surface area contributed by atoms with Crippen molar-refractivity contribution in [2.45, 2.75) is 13.0 Å². The molecule has 0 aromatic heterocycles. The van der Waals surface area contributed by atoms with Crippen LogP contribution in [0.3, 0.4) is 0 Å². The Hall–Kier alpha value is -1.06. The summed E-state index contributed by atoms with van der Waals surface area (Å²) in [4.78, 5) is 1.99. The average Bonchev–Trinajstić information content (AvgIpc) is 2.16. The highest BCUT2D eigenvalue weighted by Gasteiger charge is 2.14. The molecule has 0 fully saturated rings. The Morgan fingerprint density at radius 1 is 1.43 bits per heavy atom. The molecule has 0 aliphatic heterocycles. The van der Waals surface area contributed by atoms with Crippen LogP contribution in [0.25, 0.3) is 0 Å². The van der Waals surface area contributed by atoms with E-state index in [1.54, 1.807) is 0 Å². The predicted octanol–water partition coefficient (Wildman–Crippen LogP) is 1.05. The van der Waals surface area contributed by atoms with Crippen molar-refractivity contribution in [2.24, 2.45) is 5.73 Å². The van der Waals surface area contributed by atoms with E-state index < -0.39 is 6.10 Å². The highest BCUT2D eigenvalue weighted by molar-refractivity contribution is 5.56. The van der Waals surface area contributed by atoms with Crippen molar-refractivity contribution >= 4 is 5.69 Å². The van der Waals surface area contributed by atoms with Gasteiger partial charge in [0.2, 0.25) is 0 Å². The first-order valence-corrected chi connectivity index (χ1v) is 4.73. The number of benzene rings is 1.